The summed E-state index contributed by atoms with van der Waals surface area (Å²) in [7, 11) is 0. The zero-order valence-corrected chi connectivity index (χ0v) is 12.6. The standard InChI is InChI=1S/C17H27NO2/c1-2-3-4-5-6-7-8-12-15-17(19)18-20-16-13-10-9-11-14-16/h9-11,13-14H,2-8,12,15H2,1H3,(H,18,19). The van der Waals surface area contributed by atoms with Gasteiger partial charge in [0.1, 0.15) is 0 Å². The Hall–Kier alpha value is -1.51. The molecule has 0 saturated carbocycles. The molecule has 1 rings (SSSR count). The van der Waals surface area contributed by atoms with Crippen LogP contribution in [0.3, 0.4) is 0 Å². The van der Waals surface area contributed by atoms with Crippen LogP contribution >= 0.6 is 0 Å². The Morgan fingerprint density at radius 1 is 0.950 bits per heavy atom. The Balaban J connectivity index is 1.93. The van der Waals surface area contributed by atoms with E-state index in [1.807, 2.05) is 30.3 Å². The summed E-state index contributed by atoms with van der Waals surface area (Å²) in [5.74, 6) is 0.622. The van der Waals surface area contributed by atoms with Gasteiger partial charge in [-0.05, 0) is 18.6 Å². The van der Waals surface area contributed by atoms with Gasteiger partial charge in [-0.15, -0.1) is 0 Å². The summed E-state index contributed by atoms with van der Waals surface area (Å²) in [6.45, 7) is 2.23. The highest BCUT2D eigenvalue weighted by molar-refractivity contribution is 5.74. The van der Waals surface area contributed by atoms with Crippen molar-refractivity contribution >= 4 is 5.91 Å². The van der Waals surface area contributed by atoms with E-state index in [1.54, 1.807) is 0 Å². The number of hydrogen-bond donors (Lipinski definition) is 1. The van der Waals surface area contributed by atoms with Crippen molar-refractivity contribution < 1.29 is 9.63 Å². The van der Waals surface area contributed by atoms with Gasteiger partial charge in [0.25, 0.3) is 5.91 Å². The molecule has 0 bridgehead atoms. The monoisotopic (exact) mass is 277 g/mol. The third kappa shape index (κ3) is 8.57. The Kier molecular flexibility index (Phi) is 9.37. The van der Waals surface area contributed by atoms with Gasteiger partial charge in [-0.2, -0.15) is 5.48 Å². The van der Waals surface area contributed by atoms with Crippen LogP contribution in [0.25, 0.3) is 0 Å². The first-order valence-electron chi connectivity index (χ1n) is 7.83. The van der Waals surface area contributed by atoms with Crippen molar-refractivity contribution in [1.29, 1.82) is 0 Å². The van der Waals surface area contributed by atoms with Crippen molar-refractivity contribution in [2.75, 3.05) is 0 Å². The van der Waals surface area contributed by atoms with Gasteiger partial charge in [0.05, 0.1) is 0 Å². The molecule has 0 radical (unpaired) electrons. The quantitative estimate of drug-likeness (QED) is 0.473. The van der Waals surface area contributed by atoms with Gasteiger partial charge in [-0.25, -0.2) is 0 Å². The van der Waals surface area contributed by atoms with Crippen molar-refractivity contribution in [3.8, 4) is 5.75 Å². The predicted molar refractivity (Wildman–Crippen MR) is 82.4 cm³/mol. The Morgan fingerprint density at radius 3 is 2.20 bits per heavy atom. The van der Waals surface area contributed by atoms with E-state index in [0.29, 0.717) is 12.2 Å². The summed E-state index contributed by atoms with van der Waals surface area (Å²) in [5, 5.41) is 0. The normalized spacial score (nSPS) is 10.2. The van der Waals surface area contributed by atoms with E-state index in [2.05, 4.69) is 12.4 Å². The van der Waals surface area contributed by atoms with Crippen LogP contribution in [-0.2, 0) is 4.79 Å². The molecule has 0 aliphatic carbocycles. The Bertz CT molecular complexity index is 351. The summed E-state index contributed by atoms with van der Waals surface area (Å²) >= 11 is 0. The molecular weight excluding hydrogens is 250 g/mol. The fourth-order valence-electron chi connectivity index (χ4n) is 2.07. The van der Waals surface area contributed by atoms with E-state index >= 15 is 0 Å². The fraction of sp³-hybridized carbons (Fsp3) is 0.588. The number of amides is 1. The van der Waals surface area contributed by atoms with E-state index in [1.165, 1.54) is 38.5 Å². The summed E-state index contributed by atoms with van der Waals surface area (Å²) in [6.07, 6.45) is 10.5. The summed E-state index contributed by atoms with van der Waals surface area (Å²) in [5.41, 5.74) is 2.48. The van der Waals surface area contributed by atoms with Crippen LogP contribution in [0.1, 0.15) is 64.7 Å². The number of carbonyl (C=O) groups excluding carboxylic acids is 1. The van der Waals surface area contributed by atoms with Crippen LogP contribution in [0.5, 0.6) is 5.75 Å². The Morgan fingerprint density at radius 2 is 1.55 bits per heavy atom. The van der Waals surface area contributed by atoms with Crippen LogP contribution in [0.4, 0.5) is 0 Å². The van der Waals surface area contributed by atoms with Crippen LogP contribution in [0.2, 0.25) is 0 Å². The van der Waals surface area contributed by atoms with E-state index < -0.39 is 0 Å². The molecule has 3 nitrogen and oxygen atoms in total. The molecule has 1 aromatic rings. The van der Waals surface area contributed by atoms with E-state index in [0.717, 1.165) is 12.8 Å². The fourth-order valence-corrected chi connectivity index (χ4v) is 2.07. The maximum absolute atomic E-state index is 11.6. The lowest BCUT2D eigenvalue weighted by Gasteiger charge is -2.06. The number of benzene rings is 1. The molecule has 1 aromatic carbocycles. The first-order valence-corrected chi connectivity index (χ1v) is 7.83. The van der Waals surface area contributed by atoms with E-state index in [4.69, 9.17) is 4.84 Å². The highest BCUT2D eigenvalue weighted by Crippen LogP contribution is 2.10. The zero-order valence-electron chi connectivity index (χ0n) is 12.6. The topological polar surface area (TPSA) is 38.3 Å². The highest BCUT2D eigenvalue weighted by Gasteiger charge is 2.01. The molecule has 0 fully saturated rings. The number of hydroxylamine groups is 1. The smallest absolute Gasteiger partial charge is 0.252 e. The van der Waals surface area contributed by atoms with Crippen LogP contribution in [-0.4, -0.2) is 5.91 Å². The zero-order chi connectivity index (χ0) is 14.5. The summed E-state index contributed by atoms with van der Waals surface area (Å²) < 4.78 is 0. The largest absolute Gasteiger partial charge is 0.380 e. The molecule has 0 aliphatic rings. The number of carbonyl (C=O) groups is 1. The number of unbranched alkanes of at least 4 members (excludes halogenated alkanes) is 7. The van der Waals surface area contributed by atoms with Gasteiger partial charge in [-0.1, -0.05) is 70.1 Å². The van der Waals surface area contributed by atoms with Gasteiger partial charge >= 0.3 is 0 Å². The third-order valence-corrected chi connectivity index (χ3v) is 3.28. The summed E-state index contributed by atoms with van der Waals surface area (Å²) in [6, 6.07) is 9.29. The number of para-hydroxylation sites is 1. The predicted octanol–water partition coefficient (Wildman–Crippen LogP) is 4.63. The van der Waals surface area contributed by atoms with Crippen LogP contribution in [0.15, 0.2) is 30.3 Å². The molecule has 0 spiro atoms. The molecule has 0 aromatic heterocycles. The second kappa shape index (κ2) is 11.3. The van der Waals surface area contributed by atoms with Gasteiger partial charge in [0.2, 0.25) is 0 Å². The second-order valence-electron chi connectivity index (χ2n) is 5.17. The molecule has 0 atom stereocenters. The van der Waals surface area contributed by atoms with Crippen molar-refractivity contribution in [2.24, 2.45) is 0 Å². The maximum Gasteiger partial charge on any atom is 0.252 e. The first-order chi connectivity index (χ1) is 9.83. The molecular formula is C17H27NO2. The molecule has 0 aliphatic heterocycles. The van der Waals surface area contributed by atoms with E-state index in [9.17, 15) is 4.79 Å². The van der Waals surface area contributed by atoms with Crippen molar-refractivity contribution in [3.63, 3.8) is 0 Å². The molecule has 1 N–H and O–H groups in total. The van der Waals surface area contributed by atoms with Gasteiger partial charge in [-0.3, -0.25) is 4.79 Å². The molecule has 0 heterocycles. The number of rotatable bonds is 11. The lowest BCUT2D eigenvalue weighted by Crippen LogP contribution is -2.26. The van der Waals surface area contributed by atoms with Gasteiger partial charge < -0.3 is 4.84 Å². The molecule has 0 unspecified atom stereocenters. The highest BCUT2D eigenvalue weighted by atomic mass is 16.7. The number of hydrogen-bond acceptors (Lipinski definition) is 2. The second-order valence-corrected chi connectivity index (χ2v) is 5.17. The molecule has 112 valence electrons. The average Bonchev–Trinajstić information content (AvgIpc) is 2.49. The van der Waals surface area contributed by atoms with Crippen molar-refractivity contribution in [1.82, 2.24) is 5.48 Å². The molecule has 1 amide bonds. The molecule has 0 saturated heterocycles. The minimum Gasteiger partial charge on any atom is -0.380 e. The maximum atomic E-state index is 11.6. The lowest BCUT2D eigenvalue weighted by atomic mass is 10.1. The number of nitrogens with one attached hydrogen (secondary N) is 1. The Labute approximate surface area is 122 Å². The first kappa shape index (κ1) is 16.5. The van der Waals surface area contributed by atoms with E-state index in [-0.39, 0.29) is 5.91 Å². The van der Waals surface area contributed by atoms with Crippen molar-refractivity contribution in [2.45, 2.75) is 64.7 Å². The van der Waals surface area contributed by atoms with Crippen LogP contribution in [0, 0.1) is 0 Å². The molecule has 20 heavy (non-hydrogen) atoms. The minimum atomic E-state index is -0.0418. The average molecular weight is 277 g/mol. The minimum absolute atomic E-state index is 0.0418. The summed E-state index contributed by atoms with van der Waals surface area (Å²) in [4.78, 5) is 16.7. The van der Waals surface area contributed by atoms with Gasteiger partial charge in [0, 0.05) is 6.42 Å². The lowest BCUT2D eigenvalue weighted by molar-refractivity contribution is -0.127. The van der Waals surface area contributed by atoms with Gasteiger partial charge in [0.15, 0.2) is 5.75 Å². The SMILES string of the molecule is CCCCCCCCCCC(=O)NOc1ccccc1. The van der Waals surface area contributed by atoms with Crippen LogP contribution < -0.4 is 10.3 Å². The molecule has 3 heteroatoms. The third-order valence-electron chi connectivity index (χ3n) is 3.28. The van der Waals surface area contributed by atoms with Crippen molar-refractivity contribution in [3.05, 3.63) is 30.3 Å².